The molecule has 0 saturated carbocycles. The zero-order valence-corrected chi connectivity index (χ0v) is 10.6. The molecule has 3 nitrogen and oxygen atoms in total. The van der Waals surface area contributed by atoms with Crippen molar-refractivity contribution in [1.29, 1.82) is 0 Å². The number of nitrogens with one attached hydrogen (secondary N) is 1. The fourth-order valence-electron chi connectivity index (χ4n) is 1.11. The molecule has 1 aromatic rings. The van der Waals surface area contributed by atoms with Gasteiger partial charge in [0.2, 0.25) is 10.0 Å². The van der Waals surface area contributed by atoms with Crippen LogP contribution in [0.15, 0.2) is 40.8 Å². The normalized spacial score (nSPS) is 12.8. The third kappa shape index (κ3) is 3.47. The first-order valence-electron chi connectivity index (χ1n) is 5.14. The van der Waals surface area contributed by atoms with Crippen LogP contribution in [0.1, 0.15) is 19.4 Å². The fourth-order valence-corrected chi connectivity index (χ4v) is 2.19. The molecule has 0 radical (unpaired) electrons. The predicted molar refractivity (Wildman–Crippen MR) is 65.8 cm³/mol. The number of aryl methyl sites for hydroxylation is 1. The first kappa shape index (κ1) is 12.9. The second-order valence-electron chi connectivity index (χ2n) is 3.77. The SMILES string of the molecule is C/C=C(\C)CNS(=O)(=O)c1ccc(C)cc1. The molecule has 1 N–H and O–H groups in total. The lowest BCUT2D eigenvalue weighted by Crippen LogP contribution is -2.25. The quantitative estimate of drug-likeness (QED) is 0.819. The summed E-state index contributed by atoms with van der Waals surface area (Å²) < 4.78 is 26.2. The Morgan fingerprint density at radius 3 is 2.38 bits per heavy atom. The Kier molecular flexibility index (Phi) is 4.26. The molecule has 4 heteroatoms. The van der Waals surface area contributed by atoms with Gasteiger partial charge >= 0.3 is 0 Å². The van der Waals surface area contributed by atoms with E-state index in [9.17, 15) is 8.42 Å². The molecule has 0 saturated heterocycles. The number of hydrogen-bond acceptors (Lipinski definition) is 2. The molecule has 0 unspecified atom stereocenters. The summed E-state index contributed by atoms with van der Waals surface area (Å²) in [4.78, 5) is 0.307. The first-order chi connectivity index (χ1) is 7.45. The number of rotatable bonds is 4. The van der Waals surface area contributed by atoms with Crippen LogP contribution in [0.2, 0.25) is 0 Å². The van der Waals surface area contributed by atoms with Gasteiger partial charge in [0.1, 0.15) is 0 Å². The maximum atomic E-state index is 11.8. The van der Waals surface area contributed by atoms with E-state index in [0.29, 0.717) is 11.4 Å². The molecule has 0 aliphatic heterocycles. The third-order valence-corrected chi connectivity index (χ3v) is 3.78. The summed E-state index contributed by atoms with van der Waals surface area (Å²) in [6.07, 6.45) is 1.89. The van der Waals surface area contributed by atoms with Crippen LogP contribution in [-0.4, -0.2) is 15.0 Å². The maximum Gasteiger partial charge on any atom is 0.240 e. The maximum absolute atomic E-state index is 11.8. The Morgan fingerprint density at radius 1 is 1.31 bits per heavy atom. The van der Waals surface area contributed by atoms with Gasteiger partial charge in [0.15, 0.2) is 0 Å². The van der Waals surface area contributed by atoms with Crippen molar-refractivity contribution < 1.29 is 8.42 Å². The highest BCUT2D eigenvalue weighted by Crippen LogP contribution is 2.09. The van der Waals surface area contributed by atoms with E-state index in [1.807, 2.05) is 26.8 Å². The first-order valence-corrected chi connectivity index (χ1v) is 6.62. The van der Waals surface area contributed by atoms with E-state index in [2.05, 4.69) is 4.72 Å². The van der Waals surface area contributed by atoms with Gasteiger partial charge in [0.25, 0.3) is 0 Å². The fraction of sp³-hybridized carbons (Fsp3) is 0.333. The van der Waals surface area contributed by atoms with E-state index < -0.39 is 10.0 Å². The van der Waals surface area contributed by atoms with Crippen molar-refractivity contribution >= 4 is 10.0 Å². The Hall–Kier alpha value is -1.13. The standard InChI is InChI=1S/C12H17NO2S/c1-4-10(2)9-13-16(14,15)12-7-5-11(3)6-8-12/h4-8,13H,9H2,1-3H3/b10-4+. The summed E-state index contributed by atoms with van der Waals surface area (Å²) in [5, 5.41) is 0. The Bertz CT molecular complexity index is 472. The molecular formula is C12H17NO2S. The molecular weight excluding hydrogens is 222 g/mol. The number of hydrogen-bond donors (Lipinski definition) is 1. The molecule has 16 heavy (non-hydrogen) atoms. The summed E-state index contributed by atoms with van der Waals surface area (Å²) >= 11 is 0. The molecule has 0 spiro atoms. The van der Waals surface area contributed by atoms with Crippen LogP contribution in [0.25, 0.3) is 0 Å². The zero-order chi connectivity index (χ0) is 12.2. The minimum Gasteiger partial charge on any atom is -0.207 e. The monoisotopic (exact) mass is 239 g/mol. The van der Waals surface area contributed by atoms with E-state index >= 15 is 0 Å². The molecule has 0 bridgehead atoms. The van der Waals surface area contributed by atoms with Crippen LogP contribution >= 0.6 is 0 Å². The summed E-state index contributed by atoms with van der Waals surface area (Å²) in [7, 11) is -3.37. The van der Waals surface area contributed by atoms with Crippen LogP contribution in [0, 0.1) is 6.92 Å². The molecule has 0 amide bonds. The summed E-state index contributed by atoms with van der Waals surface area (Å²) in [6.45, 7) is 6.05. The average Bonchev–Trinajstić information content (AvgIpc) is 2.26. The lowest BCUT2D eigenvalue weighted by Gasteiger charge is -2.06. The second-order valence-corrected chi connectivity index (χ2v) is 5.54. The second kappa shape index (κ2) is 5.27. The minimum atomic E-state index is -3.37. The molecule has 88 valence electrons. The van der Waals surface area contributed by atoms with Crippen molar-refractivity contribution in [2.75, 3.05) is 6.54 Å². The van der Waals surface area contributed by atoms with Crippen LogP contribution in [-0.2, 0) is 10.0 Å². The highest BCUT2D eigenvalue weighted by atomic mass is 32.2. The Morgan fingerprint density at radius 2 is 1.88 bits per heavy atom. The van der Waals surface area contributed by atoms with Crippen LogP contribution in [0.5, 0.6) is 0 Å². The van der Waals surface area contributed by atoms with Crippen LogP contribution < -0.4 is 4.72 Å². The van der Waals surface area contributed by atoms with Gasteiger partial charge in [-0.05, 0) is 32.9 Å². The number of sulfonamides is 1. The average molecular weight is 239 g/mol. The molecule has 0 aliphatic carbocycles. The largest absolute Gasteiger partial charge is 0.240 e. The van der Waals surface area contributed by atoms with Crippen LogP contribution in [0.3, 0.4) is 0 Å². The molecule has 0 aromatic heterocycles. The van der Waals surface area contributed by atoms with Gasteiger partial charge in [0, 0.05) is 6.54 Å². The van der Waals surface area contributed by atoms with Gasteiger partial charge in [-0.2, -0.15) is 0 Å². The van der Waals surface area contributed by atoms with E-state index in [1.165, 1.54) is 0 Å². The van der Waals surface area contributed by atoms with E-state index in [4.69, 9.17) is 0 Å². The minimum absolute atomic E-state index is 0.307. The van der Waals surface area contributed by atoms with Gasteiger partial charge < -0.3 is 0 Å². The summed E-state index contributed by atoms with van der Waals surface area (Å²) in [5.41, 5.74) is 2.04. The van der Waals surface area contributed by atoms with E-state index in [-0.39, 0.29) is 0 Å². The molecule has 1 rings (SSSR count). The summed E-state index contributed by atoms with van der Waals surface area (Å²) in [6, 6.07) is 6.81. The lowest BCUT2D eigenvalue weighted by atomic mass is 10.2. The summed E-state index contributed by atoms with van der Waals surface area (Å²) in [5.74, 6) is 0. The molecule has 0 atom stereocenters. The highest BCUT2D eigenvalue weighted by Gasteiger charge is 2.12. The van der Waals surface area contributed by atoms with Crippen molar-refractivity contribution in [2.24, 2.45) is 0 Å². The molecule has 0 fully saturated rings. The van der Waals surface area contributed by atoms with Crippen molar-refractivity contribution in [3.8, 4) is 0 Å². The molecule has 1 aromatic carbocycles. The lowest BCUT2D eigenvalue weighted by molar-refractivity contribution is 0.584. The molecule has 0 heterocycles. The molecule has 0 aliphatic rings. The number of allylic oxidation sites excluding steroid dienone is 1. The Labute approximate surface area is 97.2 Å². The van der Waals surface area contributed by atoms with Crippen molar-refractivity contribution in [3.63, 3.8) is 0 Å². The topological polar surface area (TPSA) is 46.2 Å². The number of benzene rings is 1. The van der Waals surface area contributed by atoms with Crippen LogP contribution in [0.4, 0.5) is 0 Å². The van der Waals surface area contributed by atoms with Gasteiger partial charge in [-0.15, -0.1) is 0 Å². The van der Waals surface area contributed by atoms with Gasteiger partial charge in [-0.1, -0.05) is 29.3 Å². The van der Waals surface area contributed by atoms with Gasteiger partial charge in [-0.3, -0.25) is 0 Å². The zero-order valence-electron chi connectivity index (χ0n) is 9.82. The smallest absolute Gasteiger partial charge is 0.207 e. The van der Waals surface area contributed by atoms with Gasteiger partial charge in [-0.25, -0.2) is 13.1 Å². The Balaban J connectivity index is 2.82. The third-order valence-electron chi connectivity index (χ3n) is 2.37. The van der Waals surface area contributed by atoms with Crippen molar-refractivity contribution in [3.05, 3.63) is 41.5 Å². The highest BCUT2D eigenvalue weighted by molar-refractivity contribution is 7.89. The van der Waals surface area contributed by atoms with Crippen molar-refractivity contribution in [2.45, 2.75) is 25.7 Å². The van der Waals surface area contributed by atoms with Crippen molar-refractivity contribution in [1.82, 2.24) is 4.72 Å². The van der Waals surface area contributed by atoms with E-state index in [1.54, 1.807) is 24.3 Å². The van der Waals surface area contributed by atoms with Gasteiger partial charge in [0.05, 0.1) is 4.90 Å². The predicted octanol–water partition coefficient (Wildman–Crippen LogP) is 2.24. The van der Waals surface area contributed by atoms with E-state index in [0.717, 1.165) is 11.1 Å².